The fourth-order valence-electron chi connectivity index (χ4n) is 2.53. The quantitative estimate of drug-likeness (QED) is 0.721. The average molecular weight is 264 g/mol. The van der Waals surface area contributed by atoms with Crippen LogP contribution in [0.25, 0.3) is 10.9 Å². The van der Waals surface area contributed by atoms with Crippen molar-refractivity contribution in [2.75, 3.05) is 0 Å². The number of nitrogens with zero attached hydrogens (tertiary/aromatic N) is 1. The van der Waals surface area contributed by atoms with Gasteiger partial charge < -0.3 is 4.57 Å². The van der Waals surface area contributed by atoms with Crippen LogP contribution in [0, 0.1) is 5.92 Å². The summed E-state index contributed by atoms with van der Waals surface area (Å²) in [6.07, 6.45) is 3.33. The number of hydrogen-bond acceptors (Lipinski definition) is 0. The zero-order valence-electron chi connectivity index (χ0n) is 11.9. The van der Waals surface area contributed by atoms with Gasteiger partial charge in [0.15, 0.2) is 0 Å². The van der Waals surface area contributed by atoms with Gasteiger partial charge in [0.1, 0.15) is 0 Å². The van der Waals surface area contributed by atoms with Crippen molar-refractivity contribution < 1.29 is 0 Å². The molecule has 1 aromatic carbocycles. The van der Waals surface area contributed by atoms with Crippen molar-refractivity contribution in [3.8, 4) is 0 Å². The molecule has 0 amide bonds. The summed E-state index contributed by atoms with van der Waals surface area (Å²) in [7, 11) is 2.08. The minimum atomic E-state index is 0.513. The SMILES string of the molecule is CC(C)Cc1cn(C)c2c(Cl)cc(C(C)C)cc12. The maximum Gasteiger partial charge on any atom is 0.0670 e. The van der Waals surface area contributed by atoms with Gasteiger partial charge in [0.2, 0.25) is 0 Å². The molecule has 1 aromatic heterocycles. The van der Waals surface area contributed by atoms with Crippen molar-refractivity contribution >= 4 is 22.5 Å². The number of hydrogen-bond donors (Lipinski definition) is 0. The predicted octanol–water partition coefficient (Wildman–Crippen LogP) is 5.15. The third-order valence-corrected chi connectivity index (χ3v) is 3.72. The lowest BCUT2D eigenvalue weighted by Gasteiger charge is -2.09. The largest absolute Gasteiger partial charge is 0.349 e. The highest BCUT2D eigenvalue weighted by Gasteiger charge is 2.13. The molecule has 1 heterocycles. The first-order valence-electron chi connectivity index (χ1n) is 6.67. The Morgan fingerprint density at radius 2 is 1.83 bits per heavy atom. The zero-order valence-corrected chi connectivity index (χ0v) is 12.7. The molecular formula is C16H22ClN. The molecular weight excluding hydrogens is 242 g/mol. The molecule has 0 aliphatic rings. The van der Waals surface area contributed by atoms with Crippen molar-refractivity contribution in [1.82, 2.24) is 4.57 Å². The Balaban J connectivity index is 2.66. The van der Waals surface area contributed by atoms with Crippen molar-refractivity contribution in [1.29, 1.82) is 0 Å². The first-order chi connectivity index (χ1) is 8.40. The summed E-state index contributed by atoms with van der Waals surface area (Å²) in [5, 5.41) is 2.19. The highest BCUT2D eigenvalue weighted by molar-refractivity contribution is 6.35. The molecule has 98 valence electrons. The number of fused-ring (bicyclic) bond motifs is 1. The lowest BCUT2D eigenvalue weighted by molar-refractivity contribution is 0.648. The van der Waals surface area contributed by atoms with Gasteiger partial charge in [-0.15, -0.1) is 0 Å². The lowest BCUT2D eigenvalue weighted by Crippen LogP contribution is -1.93. The average Bonchev–Trinajstić information content (AvgIpc) is 2.55. The molecule has 0 N–H and O–H groups in total. The smallest absolute Gasteiger partial charge is 0.0670 e. The molecule has 0 atom stereocenters. The van der Waals surface area contributed by atoms with Crippen LogP contribution in [0.2, 0.25) is 5.02 Å². The Kier molecular flexibility index (Phi) is 3.72. The lowest BCUT2D eigenvalue weighted by atomic mass is 9.97. The van der Waals surface area contributed by atoms with Gasteiger partial charge in [0.05, 0.1) is 10.5 Å². The molecule has 0 saturated heterocycles. The molecule has 18 heavy (non-hydrogen) atoms. The van der Waals surface area contributed by atoms with Crippen molar-refractivity contribution in [3.05, 3.63) is 34.5 Å². The van der Waals surface area contributed by atoms with Crippen LogP contribution in [0.15, 0.2) is 18.3 Å². The van der Waals surface area contributed by atoms with Gasteiger partial charge in [0, 0.05) is 18.6 Å². The standard InChI is InChI=1S/C16H22ClN/c1-10(2)6-13-9-18(5)16-14(13)7-12(11(3)4)8-15(16)17/h7-11H,6H2,1-5H3. The zero-order chi connectivity index (χ0) is 13.4. The van der Waals surface area contributed by atoms with E-state index in [2.05, 4.69) is 57.6 Å². The van der Waals surface area contributed by atoms with Crippen LogP contribution in [-0.2, 0) is 13.5 Å². The van der Waals surface area contributed by atoms with Crippen LogP contribution in [0.1, 0.15) is 44.7 Å². The van der Waals surface area contributed by atoms with Gasteiger partial charge in [0.25, 0.3) is 0 Å². The van der Waals surface area contributed by atoms with Crippen molar-refractivity contribution in [3.63, 3.8) is 0 Å². The molecule has 0 spiro atoms. The summed E-state index contributed by atoms with van der Waals surface area (Å²) >= 11 is 6.44. The van der Waals surface area contributed by atoms with E-state index in [-0.39, 0.29) is 0 Å². The molecule has 0 radical (unpaired) electrons. The monoisotopic (exact) mass is 263 g/mol. The van der Waals surface area contributed by atoms with Gasteiger partial charge in [-0.3, -0.25) is 0 Å². The van der Waals surface area contributed by atoms with Crippen molar-refractivity contribution in [2.24, 2.45) is 13.0 Å². The molecule has 0 bridgehead atoms. The van der Waals surface area contributed by atoms with E-state index in [1.165, 1.54) is 16.5 Å². The molecule has 0 fully saturated rings. The number of benzene rings is 1. The van der Waals surface area contributed by atoms with E-state index in [9.17, 15) is 0 Å². The van der Waals surface area contributed by atoms with Crippen LogP contribution in [0.3, 0.4) is 0 Å². The third-order valence-electron chi connectivity index (χ3n) is 3.43. The maximum absolute atomic E-state index is 6.44. The van der Waals surface area contributed by atoms with Crippen LogP contribution in [0.5, 0.6) is 0 Å². The van der Waals surface area contributed by atoms with Gasteiger partial charge in [-0.25, -0.2) is 0 Å². The number of aromatic nitrogens is 1. The fraction of sp³-hybridized carbons (Fsp3) is 0.500. The van der Waals surface area contributed by atoms with Gasteiger partial charge in [-0.05, 0) is 41.5 Å². The second-order valence-corrected chi connectivity index (χ2v) is 6.32. The second kappa shape index (κ2) is 4.97. The number of rotatable bonds is 3. The van der Waals surface area contributed by atoms with E-state index in [0.717, 1.165) is 17.0 Å². The Hall–Kier alpha value is -0.950. The van der Waals surface area contributed by atoms with Crippen LogP contribution in [-0.4, -0.2) is 4.57 Å². The Morgan fingerprint density at radius 1 is 1.17 bits per heavy atom. The van der Waals surface area contributed by atoms with E-state index in [0.29, 0.717) is 11.8 Å². The first kappa shape index (κ1) is 13.5. The summed E-state index contributed by atoms with van der Waals surface area (Å²) in [5.74, 6) is 1.18. The normalized spacial score (nSPS) is 12.0. The molecule has 2 heteroatoms. The second-order valence-electron chi connectivity index (χ2n) is 5.92. The Bertz CT molecular complexity index is 564. The molecule has 0 unspecified atom stereocenters. The highest BCUT2D eigenvalue weighted by atomic mass is 35.5. The summed E-state index contributed by atoms with van der Waals surface area (Å²) in [4.78, 5) is 0. The van der Waals surface area contributed by atoms with Crippen LogP contribution < -0.4 is 0 Å². The number of halogens is 1. The fourth-order valence-corrected chi connectivity index (χ4v) is 2.89. The molecule has 2 aromatic rings. The van der Waals surface area contributed by atoms with E-state index in [1.807, 2.05) is 0 Å². The minimum Gasteiger partial charge on any atom is -0.349 e. The van der Waals surface area contributed by atoms with Crippen LogP contribution >= 0.6 is 11.6 Å². The van der Waals surface area contributed by atoms with E-state index in [4.69, 9.17) is 11.6 Å². The molecule has 1 nitrogen and oxygen atoms in total. The molecule has 0 aliphatic heterocycles. The maximum atomic E-state index is 6.44. The predicted molar refractivity (Wildman–Crippen MR) is 80.6 cm³/mol. The van der Waals surface area contributed by atoms with Gasteiger partial charge >= 0.3 is 0 Å². The molecule has 2 rings (SSSR count). The first-order valence-corrected chi connectivity index (χ1v) is 7.05. The van der Waals surface area contributed by atoms with Gasteiger partial charge in [-0.1, -0.05) is 39.3 Å². The van der Waals surface area contributed by atoms with E-state index in [1.54, 1.807) is 0 Å². The van der Waals surface area contributed by atoms with Gasteiger partial charge in [-0.2, -0.15) is 0 Å². The Labute approximate surface area is 115 Å². The topological polar surface area (TPSA) is 4.93 Å². The summed E-state index contributed by atoms with van der Waals surface area (Å²) in [6, 6.07) is 4.41. The molecule has 0 aliphatic carbocycles. The highest BCUT2D eigenvalue weighted by Crippen LogP contribution is 2.32. The summed E-state index contributed by atoms with van der Waals surface area (Å²) < 4.78 is 2.15. The third kappa shape index (κ3) is 2.42. The minimum absolute atomic E-state index is 0.513. The number of aryl methyl sites for hydroxylation is 1. The molecule has 0 saturated carbocycles. The van der Waals surface area contributed by atoms with Crippen LogP contribution in [0.4, 0.5) is 0 Å². The summed E-state index contributed by atoms with van der Waals surface area (Å²) in [5.41, 5.74) is 3.90. The van der Waals surface area contributed by atoms with E-state index < -0.39 is 0 Å². The van der Waals surface area contributed by atoms with E-state index >= 15 is 0 Å². The Morgan fingerprint density at radius 3 is 2.39 bits per heavy atom. The van der Waals surface area contributed by atoms with Crippen molar-refractivity contribution in [2.45, 2.75) is 40.0 Å². The summed E-state index contributed by atoms with van der Waals surface area (Å²) in [6.45, 7) is 8.94.